The summed E-state index contributed by atoms with van der Waals surface area (Å²) in [7, 11) is -3.85. The van der Waals surface area contributed by atoms with E-state index in [0.29, 0.717) is 38.9 Å². The molecule has 0 fully saturated rings. The van der Waals surface area contributed by atoms with Crippen LogP contribution in [0.1, 0.15) is 0 Å². The van der Waals surface area contributed by atoms with Crippen molar-refractivity contribution in [3.8, 4) is 17.1 Å². The van der Waals surface area contributed by atoms with Gasteiger partial charge in [-0.1, -0.05) is 54.2 Å². The lowest BCUT2D eigenvalue weighted by atomic mass is 10.1. The van der Waals surface area contributed by atoms with Crippen LogP contribution < -0.4 is 0 Å². The number of para-hydroxylation sites is 1. The predicted molar refractivity (Wildman–Crippen MR) is 132 cm³/mol. The lowest BCUT2D eigenvalue weighted by Gasteiger charge is -2.09. The fourth-order valence-corrected chi connectivity index (χ4v) is 5.80. The van der Waals surface area contributed by atoms with Crippen molar-refractivity contribution in [2.75, 3.05) is 5.75 Å². The van der Waals surface area contributed by atoms with Crippen molar-refractivity contribution in [1.29, 1.82) is 0 Å². The first-order valence-corrected chi connectivity index (χ1v) is 12.8. The molecule has 0 bridgehead atoms. The Morgan fingerprint density at radius 2 is 1.65 bits per heavy atom. The molecule has 0 N–H and O–H groups in total. The van der Waals surface area contributed by atoms with Crippen molar-refractivity contribution in [2.24, 2.45) is 0 Å². The third-order valence-electron chi connectivity index (χ3n) is 5.27. The number of halogens is 1. The fraction of sp³-hybridized carbons (Fsp3) is 0.0400. The van der Waals surface area contributed by atoms with Gasteiger partial charge in [0, 0.05) is 28.6 Å². The molecule has 0 saturated carbocycles. The summed E-state index contributed by atoms with van der Waals surface area (Å²) in [4.78, 5) is 0.185. The molecule has 0 amide bonds. The van der Waals surface area contributed by atoms with Crippen molar-refractivity contribution in [2.45, 2.75) is 10.1 Å². The quantitative estimate of drug-likeness (QED) is 0.221. The average Bonchev–Trinajstić information content (AvgIpc) is 3.46. The first-order valence-electron chi connectivity index (χ1n) is 10.4. The summed E-state index contributed by atoms with van der Waals surface area (Å²) in [5.74, 6) is 0.698. The number of hydrogen-bond donors (Lipinski definition) is 0. The second kappa shape index (κ2) is 8.92. The van der Waals surface area contributed by atoms with Crippen LogP contribution in [0.3, 0.4) is 0 Å². The zero-order valence-electron chi connectivity index (χ0n) is 17.9. The molecule has 34 heavy (non-hydrogen) atoms. The van der Waals surface area contributed by atoms with Gasteiger partial charge in [-0.05, 0) is 42.5 Å². The molecule has 0 radical (unpaired) electrons. The van der Waals surface area contributed by atoms with Crippen LogP contribution in [-0.4, -0.2) is 32.9 Å². The number of hydrogen-bond acceptors (Lipinski definition) is 5. The van der Waals surface area contributed by atoms with Crippen molar-refractivity contribution < 1.29 is 12.8 Å². The topological polar surface area (TPSA) is 69.8 Å². The summed E-state index contributed by atoms with van der Waals surface area (Å²) in [6.45, 7) is 3.76. The third-order valence-corrected chi connectivity index (χ3v) is 7.88. The maximum atomic E-state index is 13.6. The molecule has 0 spiro atoms. The van der Waals surface area contributed by atoms with E-state index in [1.54, 1.807) is 71.4 Å². The minimum Gasteiger partial charge on any atom is -0.270 e. The lowest BCUT2D eigenvalue weighted by Crippen LogP contribution is -2.11. The van der Waals surface area contributed by atoms with Crippen LogP contribution in [0.25, 0.3) is 28.0 Å². The van der Waals surface area contributed by atoms with E-state index in [0.717, 1.165) is 0 Å². The number of benzene rings is 3. The number of nitrogens with zero attached hydrogens (tertiary/aromatic N) is 4. The Labute approximate surface area is 200 Å². The summed E-state index contributed by atoms with van der Waals surface area (Å²) in [5.41, 5.74) is 1.78. The summed E-state index contributed by atoms with van der Waals surface area (Å²) < 4.78 is 43.7. The number of fused-ring (bicyclic) bond motifs is 1. The number of thioether (sulfide) groups is 1. The molecule has 2 heterocycles. The van der Waals surface area contributed by atoms with Crippen LogP contribution in [0.4, 0.5) is 4.39 Å². The highest BCUT2D eigenvalue weighted by molar-refractivity contribution is 7.99. The molecule has 0 aliphatic carbocycles. The normalized spacial score (nSPS) is 11.7. The first-order chi connectivity index (χ1) is 16.5. The minimum absolute atomic E-state index is 0.185. The lowest BCUT2D eigenvalue weighted by molar-refractivity contribution is 0.589. The second-order valence-corrected chi connectivity index (χ2v) is 10.2. The van der Waals surface area contributed by atoms with Crippen LogP contribution in [0.15, 0.2) is 108 Å². The molecule has 0 aliphatic rings. The summed E-state index contributed by atoms with van der Waals surface area (Å²) in [6, 6.07) is 21.5. The standard InChI is InChI=1S/C25H19FN4O2S2/c1-2-16-33-25-28-27-24(30(25)19-14-12-18(26)13-15-19)22-17-29(23-11-7-6-10-21(22)23)34(31,32)20-8-4-3-5-9-20/h2-15,17H,1,16H2. The maximum Gasteiger partial charge on any atom is 0.268 e. The van der Waals surface area contributed by atoms with Crippen LogP contribution >= 0.6 is 11.8 Å². The zero-order chi connectivity index (χ0) is 23.7. The molecule has 3 aromatic carbocycles. The highest BCUT2D eigenvalue weighted by Gasteiger charge is 2.25. The highest BCUT2D eigenvalue weighted by Crippen LogP contribution is 2.35. The Bertz CT molecular complexity index is 1590. The van der Waals surface area contributed by atoms with Gasteiger partial charge in [0.25, 0.3) is 10.0 Å². The molecule has 170 valence electrons. The Morgan fingerprint density at radius 3 is 2.38 bits per heavy atom. The van der Waals surface area contributed by atoms with E-state index in [4.69, 9.17) is 0 Å². The Hall–Kier alpha value is -3.69. The largest absolute Gasteiger partial charge is 0.270 e. The molecular weight excluding hydrogens is 471 g/mol. The Morgan fingerprint density at radius 1 is 0.941 bits per heavy atom. The van der Waals surface area contributed by atoms with Crippen molar-refractivity contribution >= 4 is 32.7 Å². The molecule has 6 nitrogen and oxygen atoms in total. The van der Waals surface area contributed by atoms with E-state index in [1.165, 1.54) is 27.9 Å². The van der Waals surface area contributed by atoms with Gasteiger partial charge < -0.3 is 0 Å². The van der Waals surface area contributed by atoms with E-state index in [2.05, 4.69) is 16.8 Å². The van der Waals surface area contributed by atoms with Gasteiger partial charge in [-0.25, -0.2) is 16.8 Å². The van der Waals surface area contributed by atoms with Crippen molar-refractivity contribution in [1.82, 2.24) is 18.7 Å². The molecule has 5 aromatic rings. The van der Waals surface area contributed by atoms with Gasteiger partial charge in [0.15, 0.2) is 11.0 Å². The Kier molecular flexibility index (Phi) is 5.80. The second-order valence-electron chi connectivity index (χ2n) is 7.39. The van der Waals surface area contributed by atoms with Crippen molar-refractivity contribution in [3.05, 3.63) is 104 Å². The fourth-order valence-electron chi connectivity index (χ4n) is 3.73. The summed E-state index contributed by atoms with van der Waals surface area (Å²) >= 11 is 1.43. The van der Waals surface area contributed by atoms with Crippen LogP contribution in [-0.2, 0) is 10.0 Å². The molecule has 0 atom stereocenters. The van der Waals surface area contributed by atoms with Crippen molar-refractivity contribution in [3.63, 3.8) is 0 Å². The van der Waals surface area contributed by atoms with E-state index < -0.39 is 10.0 Å². The molecule has 2 aromatic heterocycles. The van der Waals surface area contributed by atoms with Gasteiger partial charge in [0.05, 0.1) is 10.4 Å². The molecule has 0 saturated heterocycles. The van der Waals surface area contributed by atoms with Gasteiger partial charge in [-0.2, -0.15) is 0 Å². The first kappa shape index (κ1) is 22.1. The van der Waals surface area contributed by atoms with Gasteiger partial charge >= 0.3 is 0 Å². The predicted octanol–water partition coefficient (Wildman–Crippen LogP) is 5.54. The highest BCUT2D eigenvalue weighted by atomic mass is 32.2. The molecular formula is C25H19FN4O2S2. The molecule has 9 heteroatoms. The van der Waals surface area contributed by atoms with Crippen LogP contribution in [0.5, 0.6) is 0 Å². The van der Waals surface area contributed by atoms with Crippen LogP contribution in [0, 0.1) is 5.82 Å². The summed E-state index contributed by atoms with van der Waals surface area (Å²) in [6.07, 6.45) is 3.32. The van der Waals surface area contributed by atoms with Gasteiger partial charge in [-0.3, -0.25) is 4.57 Å². The third kappa shape index (κ3) is 3.82. The zero-order valence-corrected chi connectivity index (χ0v) is 19.5. The van der Waals surface area contributed by atoms with Gasteiger partial charge in [0.1, 0.15) is 5.82 Å². The van der Waals surface area contributed by atoms with Gasteiger partial charge in [-0.15, -0.1) is 16.8 Å². The van der Waals surface area contributed by atoms with Gasteiger partial charge in [0.2, 0.25) is 0 Å². The SMILES string of the molecule is C=CCSc1nnc(-c2cn(S(=O)(=O)c3ccccc3)c3ccccc23)n1-c1ccc(F)cc1. The smallest absolute Gasteiger partial charge is 0.268 e. The van der Waals surface area contributed by atoms with E-state index in [1.807, 2.05) is 12.1 Å². The molecule has 5 rings (SSSR count). The monoisotopic (exact) mass is 490 g/mol. The average molecular weight is 491 g/mol. The van der Waals surface area contributed by atoms with Crippen LogP contribution in [0.2, 0.25) is 0 Å². The van der Waals surface area contributed by atoms with E-state index >= 15 is 0 Å². The number of aromatic nitrogens is 4. The van der Waals surface area contributed by atoms with E-state index in [9.17, 15) is 12.8 Å². The minimum atomic E-state index is -3.85. The maximum absolute atomic E-state index is 13.6. The van der Waals surface area contributed by atoms with E-state index in [-0.39, 0.29) is 10.7 Å². The Balaban J connectivity index is 1.76. The number of rotatable bonds is 7. The summed E-state index contributed by atoms with van der Waals surface area (Å²) in [5, 5.41) is 10.0. The molecule has 0 aliphatic heterocycles. The molecule has 0 unspecified atom stereocenters.